The van der Waals surface area contributed by atoms with Crippen LogP contribution in [0.5, 0.6) is 0 Å². The lowest BCUT2D eigenvalue weighted by atomic mass is 9.98. The van der Waals surface area contributed by atoms with Gasteiger partial charge in [0.1, 0.15) is 0 Å². The largest absolute Gasteiger partial charge is 0.352 e. The van der Waals surface area contributed by atoms with E-state index in [1.165, 1.54) is 42.6 Å². The molecule has 2 aromatic rings. The second-order valence-electron chi connectivity index (χ2n) is 7.14. The van der Waals surface area contributed by atoms with E-state index < -0.39 is 0 Å². The summed E-state index contributed by atoms with van der Waals surface area (Å²) in [6.45, 7) is 7.44. The van der Waals surface area contributed by atoms with Crippen molar-refractivity contribution >= 4 is 41.3 Å². The van der Waals surface area contributed by atoms with Gasteiger partial charge in [-0.25, -0.2) is 0 Å². The van der Waals surface area contributed by atoms with Gasteiger partial charge in [-0.3, -0.25) is 9.89 Å². The molecule has 27 heavy (non-hydrogen) atoms. The highest BCUT2D eigenvalue weighted by Gasteiger charge is 2.16. The molecule has 1 fully saturated rings. The first-order chi connectivity index (χ1) is 12.7. The maximum Gasteiger partial charge on any atom is 0.191 e. The molecule has 0 spiro atoms. The second-order valence-corrected chi connectivity index (χ2v) is 7.92. The van der Waals surface area contributed by atoms with Gasteiger partial charge in [-0.1, -0.05) is 31.2 Å². The summed E-state index contributed by atoms with van der Waals surface area (Å²) in [6, 6.07) is 10.9. The first-order valence-corrected chi connectivity index (χ1v) is 10.4. The van der Waals surface area contributed by atoms with Gasteiger partial charge < -0.3 is 10.6 Å². The third kappa shape index (κ3) is 7.08. The number of guanidine groups is 1. The summed E-state index contributed by atoms with van der Waals surface area (Å²) in [5.74, 6) is 1.72. The van der Waals surface area contributed by atoms with Crippen molar-refractivity contribution < 1.29 is 0 Å². The Hall–Kier alpha value is -1.12. The van der Waals surface area contributed by atoms with E-state index in [4.69, 9.17) is 0 Å². The van der Waals surface area contributed by atoms with Crippen molar-refractivity contribution in [3.8, 4) is 0 Å². The van der Waals surface area contributed by atoms with E-state index in [9.17, 15) is 0 Å². The Bertz CT molecular complexity index is 694. The summed E-state index contributed by atoms with van der Waals surface area (Å²) in [4.78, 5) is 6.93. The van der Waals surface area contributed by atoms with Gasteiger partial charge in [-0.15, -0.1) is 24.0 Å². The molecule has 0 amide bonds. The number of likely N-dealkylation sites (tertiary alicyclic amines) is 1. The van der Waals surface area contributed by atoms with Crippen LogP contribution in [-0.4, -0.2) is 31.0 Å². The van der Waals surface area contributed by atoms with Crippen LogP contribution >= 0.6 is 35.3 Å². The smallest absolute Gasteiger partial charge is 0.191 e. The van der Waals surface area contributed by atoms with Crippen LogP contribution in [0, 0.1) is 5.92 Å². The predicted molar refractivity (Wildman–Crippen MR) is 127 cm³/mol. The van der Waals surface area contributed by atoms with E-state index in [-0.39, 0.29) is 24.0 Å². The van der Waals surface area contributed by atoms with Gasteiger partial charge in [-0.2, -0.15) is 11.3 Å². The zero-order valence-electron chi connectivity index (χ0n) is 16.3. The van der Waals surface area contributed by atoms with E-state index >= 15 is 0 Å². The summed E-state index contributed by atoms with van der Waals surface area (Å²) in [6.07, 6.45) is 2.64. The van der Waals surface area contributed by atoms with Crippen LogP contribution in [0.25, 0.3) is 0 Å². The average molecular weight is 498 g/mol. The minimum Gasteiger partial charge on any atom is -0.352 e. The monoisotopic (exact) mass is 498 g/mol. The number of benzene rings is 1. The number of halogens is 1. The van der Waals surface area contributed by atoms with Crippen molar-refractivity contribution in [2.24, 2.45) is 10.9 Å². The fourth-order valence-electron chi connectivity index (χ4n) is 3.32. The summed E-state index contributed by atoms with van der Waals surface area (Å²) >= 11 is 1.72. The van der Waals surface area contributed by atoms with Gasteiger partial charge in [0.15, 0.2) is 5.96 Å². The molecule has 1 saturated heterocycles. The standard InChI is InChI=1S/C21H30N4S.HI/c1-17-7-10-25(11-8-17)15-20-6-4-3-5-19(20)14-24-21(22-2)23-13-18-9-12-26-16-18;/h3-6,9,12,16-17H,7-8,10-11,13-15H2,1-2H3,(H2,22,23,24);1H. The Morgan fingerprint density at radius 3 is 2.48 bits per heavy atom. The van der Waals surface area contributed by atoms with Crippen LogP contribution in [0.15, 0.2) is 46.1 Å². The van der Waals surface area contributed by atoms with E-state index in [0.717, 1.165) is 31.5 Å². The van der Waals surface area contributed by atoms with Gasteiger partial charge >= 0.3 is 0 Å². The zero-order chi connectivity index (χ0) is 18.2. The lowest BCUT2D eigenvalue weighted by Crippen LogP contribution is -2.37. The molecular formula is C21H31IN4S. The van der Waals surface area contributed by atoms with Crippen LogP contribution < -0.4 is 10.6 Å². The van der Waals surface area contributed by atoms with Gasteiger partial charge in [0, 0.05) is 26.7 Å². The maximum atomic E-state index is 4.34. The normalized spacial score (nSPS) is 16.0. The number of piperidine rings is 1. The molecule has 148 valence electrons. The lowest BCUT2D eigenvalue weighted by Gasteiger charge is -2.30. The molecule has 1 aromatic carbocycles. The molecular weight excluding hydrogens is 467 g/mol. The Kier molecular flexibility index (Phi) is 9.58. The predicted octanol–water partition coefficient (Wildman–Crippen LogP) is 4.46. The summed E-state index contributed by atoms with van der Waals surface area (Å²) in [5, 5.41) is 11.1. The third-order valence-electron chi connectivity index (χ3n) is 5.10. The quantitative estimate of drug-likeness (QED) is 0.351. The number of nitrogens with one attached hydrogen (secondary N) is 2. The van der Waals surface area contributed by atoms with Crippen molar-refractivity contribution in [2.45, 2.75) is 39.4 Å². The van der Waals surface area contributed by atoms with E-state index in [0.29, 0.717) is 0 Å². The molecule has 2 N–H and O–H groups in total. The van der Waals surface area contributed by atoms with Crippen molar-refractivity contribution in [1.29, 1.82) is 0 Å². The summed E-state index contributed by atoms with van der Waals surface area (Å²) in [5.41, 5.74) is 4.06. The molecule has 1 aliphatic rings. The molecule has 4 nitrogen and oxygen atoms in total. The molecule has 0 bridgehead atoms. The van der Waals surface area contributed by atoms with Crippen LogP contribution in [0.2, 0.25) is 0 Å². The third-order valence-corrected chi connectivity index (χ3v) is 5.83. The molecule has 0 unspecified atom stereocenters. The van der Waals surface area contributed by atoms with Gasteiger partial charge in [-0.05, 0) is 65.4 Å². The van der Waals surface area contributed by atoms with Crippen LogP contribution in [0.4, 0.5) is 0 Å². The molecule has 3 rings (SSSR count). The minimum atomic E-state index is 0. The van der Waals surface area contributed by atoms with Crippen LogP contribution in [-0.2, 0) is 19.6 Å². The number of hydrogen-bond acceptors (Lipinski definition) is 3. The fraction of sp³-hybridized carbons (Fsp3) is 0.476. The van der Waals surface area contributed by atoms with Crippen molar-refractivity contribution in [3.05, 3.63) is 57.8 Å². The maximum absolute atomic E-state index is 4.34. The van der Waals surface area contributed by atoms with E-state index in [1.807, 2.05) is 7.05 Å². The molecule has 6 heteroatoms. The second kappa shape index (κ2) is 11.7. The summed E-state index contributed by atoms with van der Waals surface area (Å²) in [7, 11) is 1.82. The molecule has 2 heterocycles. The molecule has 1 aromatic heterocycles. The zero-order valence-corrected chi connectivity index (χ0v) is 19.4. The molecule has 0 aliphatic carbocycles. The Labute approximate surface area is 184 Å². The highest BCUT2D eigenvalue weighted by atomic mass is 127. The molecule has 0 radical (unpaired) electrons. The van der Waals surface area contributed by atoms with Gasteiger partial charge in [0.05, 0.1) is 0 Å². The molecule has 0 atom stereocenters. The Balaban J connectivity index is 0.00000261. The fourth-order valence-corrected chi connectivity index (χ4v) is 3.99. The Morgan fingerprint density at radius 2 is 1.81 bits per heavy atom. The highest BCUT2D eigenvalue weighted by molar-refractivity contribution is 14.0. The molecule has 0 saturated carbocycles. The van der Waals surface area contributed by atoms with Crippen LogP contribution in [0.1, 0.15) is 36.5 Å². The van der Waals surface area contributed by atoms with Crippen LogP contribution in [0.3, 0.4) is 0 Å². The number of nitrogens with zero attached hydrogens (tertiary/aromatic N) is 2. The summed E-state index contributed by atoms with van der Waals surface area (Å²) < 4.78 is 0. The Morgan fingerprint density at radius 1 is 1.11 bits per heavy atom. The van der Waals surface area contributed by atoms with Gasteiger partial charge in [0.2, 0.25) is 0 Å². The highest BCUT2D eigenvalue weighted by Crippen LogP contribution is 2.19. The van der Waals surface area contributed by atoms with Gasteiger partial charge in [0.25, 0.3) is 0 Å². The number of aliphatic imine (C=N–C) groups is 1. The lowest BCUT2D eigenvalue weighted by molar-refractivity contribution is 0.185. The minimum absolute atomic E-state index is 0. The average Bonchev–Trinajstić information content (AvgIpc) is 3.18. The number of thiophene rings is 1. The van der Waals surface area contributed by atoms with E-state index in [2.05, 4.69) is 68.5 Å². The van der Waals surface area contributed by atoms with E-state index in [1.54, 1.807) is 11.3 Å². The van der Waals surface area contributed by atoms with Crippen molar-refractivity contribution in [2.75, 3.05) is 20.1 Å². The first-order valence-electron chi connectivity index (χ1n) is 9.49. The number of rotatable bonds is 6. The van der Waals surface area contributed by atoms with Crippen molar-refractivity contribution in [3.63, 3.8) is 0 Å². The van der Waals surface area contributed by atoms with Crippen molar-refractivity contribution in [1.82, 2.24) is 15.5 Å². The number of hydrogen-bond donors (Lipinski definition) is 2. The molecule has 1 aliphatic heterocycles. The topological polar surface area (TPSA) is 39.7 Å². The SMILES string of the molecule is CN=C(NCc1ccsc1)NCc1ccccc1CN1CCC(C)CC1.I. The first kappa shape index (κ1) is 22.2.